The second-order valence-electron chi connectivity index (χ2n) is 6.36. The lowest BCUT2D eigenvalue weighted by molar-refractivity contribution is -0.165. The molecular weight excluding hydrogens is 335 g/mol. The summed E-state index contributed by atoms with van der Waals surface area (Å²) in [5, 5.41) is 0. The number of carbonyl (C=O) groups is 1. The van der Waals surface area contributed by atoms with Crippen molar-refractivity contribution in [3.63, 3.8) is 0 Å². The van der Waals surface area contributed by atoms with Gasteiger partial charge in [0.25, 0.3) is 0 Å². The molecule has 1 aromatic rings. The third-order valence-electron chi connectivity index (χ3n) is 4.91. The number of benzene rings is 1. The molecule has 0 aliphatic carbocycles. The number of rotatable bonds is 5. The number of methoxy groups -OCH3 is 1. The van der Waals surface area contributed by atoms with Gasteiger partial charge in [0.1, 0.15) is 5.82 Å². The number of nitrogens with zero attached hydrogens (tertiary/aromatic N) is 2. The highest BCUT2D eigenvalue weighted by molar-refractivity contribution is 7.89. The topological polar surface area (TPSA) is 66.9 Å². The van der Waals surface area contributed by atoms with Crippen LogP contribution in [0.25, 0.3) is 0 Å². The summed E-state index contributed by atoms with van der Waals surface area (Å²) in [6, 6.07) is 5.02. The Balaban J connectivity index is 1.65. The van der Waals surface area contributed by atoms with Crippen molar-refractivity contribution in [3.8, 4) is 0 Å². The summed E-state index contributed by atoms with van der Waals surface area (Å²) < 4.78 is 44.8. The van der Waals surface area contributed by atoms with Gasteiger partial charge < -0.3 is 9.64 Å². The van der Waals surface area contributed by atoms with E-state index in [1.165, 1.54) is 22.5 Å². The third-order valence-corrected chi connectivity index (χ3v) is 6.81. The van der Waals surface area contributed by atoms with E-state index in [9.17, 15) is 17.6 Å². The normalized spacial score (nSPS) is 21.1. The summed E-state index contributed by atoms with van der Waals surface area (Å²) in [6.07, 6.45) is 1.01. The van der Waals surface area contributed by atoms with Gasteiger partial charge in [-0.2, -0.15) is 4.31 Å². The monoisotopic (exact) mass is 356 g/mol. The van der Waals surface area contributed by atoms with E-state index in [2.05, 4.69) is 0 Å². The van der Waals surface area contributed by atoms with Crippen LogP contribution in [0.4, 0.5) is 4.39 Å². The lowest BCUT2D eigenvalue weighted by Gasteiger charge is -2.52. The Kier molecular flexibility index (Phi) is 4.63. The molecule has 0 N–H and O–H groups in total. The number of ether oxygens (including phenoxy) is 1. The van der Waals surface area contributed by atoms with E-state index in [0.717, 1.165) is 6.07 Å². The van der Waals surface area contributed by atoms with Gasteiger partial charge in [-0.3, -0.25) is 4.79 Å². The summed E-state index contributed by atoms with van der Waals surface area (Å²) in [6.45, 7) is 2.29. The Morgan fingerprint density at radius 2 is 2.00 bits per heavy atom. The summed E-state index contributed by atoms with van der Waals surface area (Å²) in [7, 11) is -2.12. The van der Waals surface area contributed by atoms with Gasteiger partial charge >= 0.3 is 0 Å². The first-order valence-corrected chi connectivity index (χ1v) is 9.37. The van der Waals surface area contributed by atoms with Crippen molar-refractivity contribution in [1.29, 1.82) is 0 Å². The van der Waals surface area contributed by atoms with Crippen molar-refractivity contribution in [2.45, 2.75) is 17.7 Å². The Morgan fingerprint density at radius 1 is 1.29 bits per heavy atom. The summed E-state index contributed by atoms with van der Waals surface area (Å²) in [4.78, 5) is 14.1. The minimum Gasteiger partial charge on any atom is -0.383 e. The van der Waals surface area contributed by atoms with Crippen LogP contribution < -0.4 is 0 Å². The largest absolute Gasteiger partial charge is 0.383 e. The molecule has 6 nitrogen and oxygen atoms in total. The quantitative estimate of drug-likeness (QED) is 0.741. The minimum atomic E-state index is -3.72. The molecule has 0 atom stereocenters. The lowest BCUT2D eigenvalue weighted by atomic mass is 9.71. The molecule has 1 amide bonds. The zero-order valence-electron chi connectivity index (χ0n) is 13.6. The highest BCUT2D eigenvalue weighted by Crippen LogP contribution is 2.42. The van der Waals surface area contributed by atoms with E-state index in [-0.39, 0.29) is 23.9 Å². The zero-order valence-corrected chi connectivity index (χ0v) is 14.4. The third kappa shape index (κ3) is 2.94. The Labute approximate surface area is 141 Å². The van der Waals surface area contributed by atoms with E-state index in [4.69, 9.17) is 4.74 Å². The molecule has 3 rings (SSSR count). The van der Waals surface area contributed by atoms with Gasteiger partial charge in [0.05, 0.1) is 16.9 Å². The zero-order chi connectivity index (χ0) is 17.4. The van der Waals surface area contributed by atoms with E-state index in [1.807, 2.05) is 0 Å². The van der Waals surface area contributed by atoms with Crippen LogP contribution in [0.3, 0.4) is 0 Å². The first-order chi connectivity index (χ1) is 11.4. The lowest BCUT2D eigenvalue weighted by Crippen LogP contribution is -2.65. The Morgan fingerprint density at radius 3 is 2.58 bits per heavy atom. The van der Waals surface area contributed by atoms with Gasteiger partial charge in [-0.1, -0.05) is 6.07 Å². The predicted octanol–water partition coefficient (Wildman–Crippen LogP) is 1.09. The number of carbonyl (C=O) groups excluding carboxylic acids is 1. The van der Waals surface area contributed by atoms with Crippen molar-refractivity contribution in [2.24, 2.45) is 5.41 Å². The van der Waals surface area contributed by atoms with Crippen LogP contribution >= 0.6 is 0 Å². The number of hydrogen-bond donors (Lipinski definition) is 0. The number of sulfonamides is 1. The molecule has 0 saturated carbocycles. The fraction of sp³-hybridized carbons (Fsp3) is 0.562. The smallest absolute Gasteiger partial charge is 0.243 e. The molecule has 2 heterocycles. The molecular formula is C16H21FN2O4S. The number of piperidine rings is 1. The van der Waals surface area contributed by atoms with Crippen LogP contribution in [-0.4, -0.2) is 63.4 Å². The maximum atomic E-state index is 13.3. The van der Waals surface area contributed by atoms with Crippen LogP contribution in [0.1, 0.15) is 12.8 Å². The van der Waals surface area contributed by atoms with E-state index in [0.29, 0.717) is 32.5 Å². The summed E-state index contributed by atoms with van der Waals surface area (Å²) in [5.41, 5.74) is -0.429. The van der Waals surface area contributed by atoms with Crippen molar-refractivity contribution in [2.75, 3.05) is 39.9 Å². The summed E-state index contributed by atoms with van der Waals surface area (Å²) in [5.74, 6) is -0.491. The van der Waals surface area contributed by atoms with E-state index >= 15 is 0 Å². The van der Waals surface area contributed by atoms with Crippen molar-refractivity contribution in [3.05, 3.63) is 30.1 Å². The number of halogens is 1. The van der Waals surface area contributed by atoms with Crippen LogP contribution in [0, 0.1) is 11.2 Å². The summed E-state index contributed by atoms with van der Waals surface area (Å²) >= 11 is 0. The molecule has 2 aliphatic heterocycles. The second-order valence-corrected chi connectivity index (χ2v) is 8.30. The second kappa shape index (κ2) is 6.42. The molecule has 8 heteroatoms. The molecule has 0 aromatic heterocycles. The molecule has 1 aromatic carbocycles. The highest BCUT2D eigenvalue weighted by Gasteiger charge is 2.53. The molecule has 2 aliphatic rings. The molecule has 24 heavy (non-hydrogen) atoms. The number of amides is 1. The van der Waals surface area contributed by atoms with Gasteiger partial charge in [-0.05, 0) is 31.0 Å². The first-order valence-electron chi connectivity index (χ1n) is 7.93. The van der Waals surface area contributed by atoms with Crippen LogP contribution in [0.15, 0.2) is 29.2 Å². The number of likely N-dealkylation sites (tertiary alicyclic amines) is 1. The van der Waals surface area contributed by atoms with Crippen LogP contribution in [0.2, 0.25) is 0 Å². The molecule has 0 radical (unpaired) electrons. The van der Waals surface area contributed by atoms with E-state index in [1.54, 1.807) is 12.0 Å². The molecule has 0 bridgehead atoms. The predicted molar refractivity (Wildman–Crippen MR) is 85.3 cm³/mol. The van der Waals surface area contributed by atoms with Crippen molar-refractivity contribution >= 4 is 15.9 Å². The molecule has 132 valence electrons. The van der Waals surface area contributed by atoms with Gasteiger partial charge in [0.15, 0.2) is 0 Å². The fourth-order valence-corrected chi connectivity index (χ4v) is 4.91. The molecule has 2 saturated heterocycles. The SMILES string of the molecule is COCCN1CC2(CCN(S(=O)(=O)c3cccc(F)c3)CC2)C1=O. The van der Waals surface area contributed by atoms with Gasteiger partial charge in [-0.25, -0.2) is 12.8 Å². The van der Waals surface area contributed by atoms with E-state index < -0.39 is 21.3 Å². The molecule has 1 spiro atoms. The maximum absolute atomic E-state index is 13.3. The van der Waals surface area contributed by atoms with Crippen molar-refractivity contribution < 1.29 is 22.3 Å². The number of hydrogen-bond acceptors (Lipinski definition) is 4. The number of β-lactam (4-membered cyclic amide) rings is 1. The highest BCUT2D eigenvalue weighted by atomic mass is 32.2. The van der Waals surface area contributed by atoms with Crippen LogP contribution in [-0.2, 0) is 19.6 Å². The Bertz CT molecular complexity index is 729. The molecule has 0 unspecified atom stereocenters. The van der Waals surface area contributed by atoms with Gasteiger partial charge in [0.2, 0.25) is 15.9 Å². The Hall–Kier alpha value is -1.51. The standard InChI is InChI=1S/C16H21FN2O4S/c1-23-10-9-18-12-16(15(18)20)5-7-19(8-6-16)24(21,22)14-4-2-3-13(17)11-14/h2-4,11H,5-10,12H2,1H3. The molecule has 2 fully saturated rings. The minimum absolute atomic E-state index is 0.0416. The first kappa shape index (κ1) is 17.3. The van der Waals surface area contributed by atoms with Crippen molar-refractivity contribution in [1.82, 2.24) is 9.21 Å². The maximum Gasteiger partial charge on any atom is 0.243 e. The average molecular weight is 356 g/mol. The fourth-order valence-electron chi connectivity index (χ4n) is 3.43. The van der Waals surface area contributed by atoms with Crippen LogP contribution in [0.5, 0.6) is 0 Å². The van der Waals surface area contributed by atoms with Gasteiger partial charge in [-0.15, -0.1) is 0 Å². The average Bonchev–Trinajstić information content (AvgIpc) is 2.58. The van der Waals surface area contributed by atoms with Gasteiger partial charge in [0, 0.05) is 33.3 Å².